The maximum atomic E-state index is 12.0. The fourth-order valence-electron chi connectivity index (χ4n) is 2.82. The Bertz CT molecular complexity index is 994. The molecular formula is C20H19ClN4O4. The molecule has 1 unspecified atom stereocenters. The number of hydrogen-bond donors (Lipinski definition) is 2. The molecule has 0 aliphatic carbocycles. The lowest BCUT2D eigenvalue weighted by Crippen LogP contribution is -2.44. The van der Waals surface area contributed by atoms with E-state index in [4.69, 9.17) is 25.6 Å². The van der Waals surface area contributed by atoms with Gasteiger partial charge in [0.15, 0.2) is 17.6 Å². The van der Waals surface area contributed by atoms with E-state index in [1.165, 1.54) is 0 Å². The van der Waals surface area contributed by atoms with Gasteiger partial charge in [0.25, 0.3) is 0 Å². The summed E-state index contributed by atoms with van der Waals surface area (Å²) >= 11 is 5.97. The fraction of sp³-hybridized carbons (Fsp3) is 0.250. The van der Waals surface area contributed by atoms with Crippen molar-refractivity contribution in [3.63, 3.8) is 0 Å². The molecule has 1 atom stereocenters. The minimum absolute atomic E-state index is 0.244. The number of aromatic nitrogens is 2. The van der Waals surface area contributed by atoms with Gasteiger partial charge in [-0.3, -0.25) is 0 Å². The van der Waals surface area contributed by atoms with Gasteiger partial charge >= 0.3 is 6.03 Å². The van der Waals surface area contributed by atoms with Gasteiger partial charge in [0.2, 0.25) is 11.7 Å². The van der Waals surface area contributed by atoms with Crippen LogP contribution in [0.3, 0.4) is 0 Å². The first-order chi connectivity index (χ1) is 14.2. The van der Waals surface area contributed by atoms with E-state index in [0.717, 1.165) is 5.56 Å². The van der Waals surface area contributed by atoms with E-state index >= 15 is 0 Å². The summed E-state index contributed by atoms with van der Waals surface area (Å²) in [7, 11) is 0. The van der Waals surface area contributed by atoms with Crippen molar-refractivity contribution in [1.29, 1.82) is 0 Å². The minimum atomic E-state index is -0.304. The Labute approximate surface area is 172 Å². The zero-order chi connectivity index (χ0) is 20.1. The van der Waals surface area contributed by atoms with Crippen LogP contribution in [-0.2, 0) is 6.42 Å². The zero-order valence-corrected chi connectivity index (χ0v) is 16.2. The van der Waals surface area contributed by atoms with Crippen LogP contribution in [0.1, 0.15) is 5.89 Å². The highest BCUT2D eigenvalue weighted by Gasteiger charge is 2.21. The first kappa shape index (κ1) is 19.1. The van der Waals surface area contributed by atoms with Crippen LogP contribution in [0, 0.1) is 0 Å². The molecule has 4 rings (SSSR count). The number of urea groups is 1. The number of rotatable bonds is 6. The van der Waals surface area contributed by atoms with Gasteiger partial charge in [-0.25, -0.2) is 4.79 Å². The van der Waals surface area contributed by atoms with Crippen LogP contribution in [0.2, 0.25) is 5.02 Å². The molecule has 1 aromatic heterocycles. The number of nitrogens with zero attached hydrogens (tertiary/aromatic N) is 2. The third-order valence-corrected chi connectivity index (χ3v) is 4.47. The van der Waals surface area contributed by atoms with Crippen LogP contribution >= 0.6 is 11.6 Å². The zero-order valence-electron chi connectivity index (χ0n) is 15.4. The van der Waals surface area contributed by atoms with E-state index in [1.54, 1.807) is 12.1 Å². The molecule has 2 aromatic carbocycles. The average molecular weight is 415 g/mol. The molecular weight excluding hydrogens is 396 g/mol. The molecule has 29 heavy (non-hydrogen) atoms. The van der Waals surface area contributed by atoms with Gasteiger partial charge < -0.3 is 24.6 Å². The Kier molecular flexibility index (Phi) is 5.81. The van der Waals surface area contributed by atoms with E-state index in [1.807, 2.05) is 36.4 Å². The number of para-hydroxylation sites is 2. The van der Waals surface area contributed by atoms with Crippen LogP contribution in [0.5, 0.6) is 11.5 Å². The summed E-state index contributed by atoms with van der Waals surface area (Å²) in [5.74, 6) is 2.28. The molecule has 9 heteroatoms. The van der Waals surface area contributed by atoms with Crippen molar-refractivity contribution in [1.82, 2.24) is 20.8 Å². The molecule has 2 N–H and O–H groups in total. The standard InChI is InChI=1S/C20H19ClN4O4/c21-14-5-3-4-13(10-14)19-24-18(29-25-19)8-9-22-20(26)23-11-15-12-27-16-6-1-2-7-17(16)28-15/h1-7,10,15H,8-9,11-12H2,(H2,22,23,26). The second-order valence-corrected chi connectivity index (χ2v) is 6.84. The molecule has 3 aromatic rings. The van der Waals surface area contributed by atoms with Crippen LogP contribution in [0.25, 0.3) is 11.4 Å². The topological polar surface area (TPSA) is 98.5 Å². The Morgan fingerprint density at radius 3 is 2.86 bits per heavy atom. The van der Waals surface area contributed by atoms with Crippen molar-refractivity contribution < 1.29 is 18.8 Å². The Hall–Kier alpha value is -3.26. The third kappa shape index (κ3) is 4.97. The first-order valence-electron chi connectivity index (χ1n) is 9.16. The van der Waals surface area contributed by atoms with Gasteiger partial charge in [-0.1, -0.05) is 41.0 Å². The number of halogens is 1. The Balaban J connectivity index is 1.19. The lowest BCUT2D eigenvalue weighted by molar-refractivity contribution is 0.0918. The summed E-state index contributed by atoms with van der Waals surface area (Å²) in [6.45, 7) is 1.07. The molecule has 0 fully saturated rings. The average Bonchev–Trinajstić information content (AvgIpc) is 3.21. The normalized spacial score (nSPS) is 15.0. The third-order valence-electron chi connectivity index (χ3n) is 4.23. The van der Waals surface area contributed by atoms with Crippen LogP contribution in [0.4, 0.5) is 4.79 Å². The molecule has 0 radical (unpaired) electrons. The monoisotopic (exact) mass is 414 g/mol. The van der Waals surface area contributed by atoms with Crippen molar-refractivity contribution in [3.05, 3.63) is 59.4 Å². The summed E-state index contributed by atoms with van der Waals surface area (Å²) in [5.41, 5.74) is 0.773. The van der Waals surface area contributed by atoms with E-state index < -0.39 is 0 Å². The summed E-state index contributed by atoms with van der Waals surface area (Å²) in [5, 5.41) is 10.1. The van der Waals surface area contributed by atoms with Crippen molar-refractivity contribution in [2.24, 2.45) is 0 Å². The van der Waals surface area contributed by atoms with Gasteiger partial charge in [0, 0.05) is 23.6 Å². The number of nitrogens with one attached hydrogen (secondary N) is 2. The van der Waals surface area contributed by atoms with Gasteiger partial charge in [-0.2, -0.15) is 4.98 Å². The predicted molar refractivity (Wildman–Crippen MR) is 106 cm³/mol. The summed E-state index contributed by atoms with van der Waals surface area (Å²) in [6, 6.07) is 14.3. The molecule has 2 amide bonds. The van der Waals surface area contributed by atoms with Crippen molar-refractivity contribution in [3.8, 4) is 22.9 Å². The van der Waals surface area contributed by atoms with E-state index in [9.17, 15) is 4.79 Å². The molecule has 8 nitrogen and oxygen atoms in total. The number of hydrogen-bond acceptors (Lipinski definition) is 6. The van der Waals surface area contributed by atoms with Gasteiger partial charge in [-0.15, -0.1) is 0 Å². The highest BCUT2D eigenvalue weighted by molar-refractivity contribution is 6.30. The predicted octanol–water partition coefficient (Wildman–Crippen LogP) is 3.07. The van der Waals surface area contributed by atoms with Crippen LogP contribution in [-0.4, -0.2) is 42.0 Å². The SMILES string of the molecule is O=C(NCCc1nc(-c2cccc(Cl)c2)no1)NCC1COc2ccccc2O1. The minimum Gasteiger partial charge on any atom is -0.486 e. The van der Waals surface area contributed by atoms with Crippen molar-refractivity contribution in [2.45, 2.75) is 12.5 Å². The Morgan fingerprint density at radius 1 is 1.14 bits per heavy atom. The highest BCUT2D eigenvalue weighted by atomic mass is 35.5. The van der Waals surface area contributed by atoms with Crippen LogP contribution < -0.4 is 20.1 Å². The highest BCUT2D eigenvalue weighted by Crippen LogP contribution is 2.30. The number of benzene rings is 2. The molecule has 1 aliphatic rings. The van der Waals surface area contributed by atoms with E-state index in [2.05, 4.69) is 20.8 Å². The van der Waals surface area contributed by atoms with E-state index in [0.29, 0.717) is 54.4 Å². The number of amides is 2. The molecule has 2 heterocycles. The lowest BCUT2D eigenvalue weighted by Gasteiger charge is -2.26. The fourth-order valence-corrected chi connectivity index (χ4v) is 3.01. The van der Waals surface area contributed by atoms with Crippen molar-refractivity contribution in [2.75, 3.05) is 19.7 Å². The molecule has 1 aliphatic heterocycles. The summed E-state index contributed by atoms with van der Waals surface area (Å²) in [4.78, 5) is 16.3. The van der Waals surface area contributed by atoms with Gasteiger partial charge in [0.05, 0.1) is 6.54 Å². The van der Waals surface area contributed by atoms with E-state index in [-0.39, 0.29) is 12.1 Å². The van der Waals surface area contributed by atoms with Crippen molar-refractivity contribution >= 4 is 17.6 Å². The Morgan fingerprint density at radius 2 is 2.00 bits per heavy atom. The first-order valence-corrected chi connectivity index (χ1v) is 9.54. The maximum Gasteiger partial charge on any atom is 0.314 e. The smallest absolute Gasteiger partial charge is 0.314 e. The molecule has 0 bridgehead atoms. The molecule has 150 valence electrons. The van der Waals surface area contributed by atoms with Gasteiger partial charge in [0.1, 0.15) is 6.61 Å². The maximum absolute atomic E-state index is 12.0. The molecule has 0 saturated heterocycles. The number of carbonyl (C=O) groups excluding carboxylic acids is 1. The largest absolute Gasteiger partial charge is 0.486 e. The second-order valence-electron chi connectivity index (χ2n) is 6.41. The van der Waals surface area contributed by atoms with Crippen LogP contribution in [0.15, 0.2) is 53.1 Å². The number of ether oxygens (including phenoxy) is 2. The van der Waals surface area contributed by atoms with Gasteiger partial charge in [-0.05, 0) is 24.3 Å². The quantitative estimate of drug-likeness (QED) is 0.643. The summed E-state index contributed by atoms with van der Waals surface area (Å²) < 4.78 is 16.6. The molecule has 0 saturated carbocycles. The second kappa shape index (κ2) is 8.83. The number of carbonyl (C=O) groups is 1. The molecule has 0 spiro atoms. The lowest BCUT2D eigenvalue weighted by atomic mass is 10.2. The number of fused-ring (bicyclic) bond motifs is 1. The summed E-state index contributed by atoms with van der Waals surface area (Å²) in [6.07, 6.45) is 0.170.